The number of azide groups is 1. The zero-order valence-corrected chi connectivity index (χ0v) is 4.62. The maximum absolute atomic E-state index is 7.78. The molecule has 0 spiro atoms. The van der Waals surface area contributed by atoms with Crippen LogP contribution in [0.1, 0.15) is 12.8 Å². The van der Waals surface area contributed by atoms with E-state index in [2.05, 4.69) is 10.0 Å². The van der Waals surface area contributed by atoms with Gasteiger partial charge in [-0.25, -0.2) is 0 Å². The van der Waals surface area contributed by atoms with E-state index in [1.165, 1.54) is 0 Å². The van der Waals surface area contributed by atoms with Crippen LogP contribution in [-0.4, -0.2) is 6.54 Å². The molecule has 0 atom stereocenters. The minimum Gasteiger partial charge on any atom is -0.326 e. The first kappa shape index (κ1) is 7.27. The Morgan fingerprint density at radius 1 is 1.75 bits per heavy atom. The Morgan fingerprint density at radius 3 is 3.00 bits per heavy atom. The third kappa shape index (κ3) is 5.27. The van der Waals surface area contributed by atoms with Crippen LogP contribution in [-0.2, 0) is 0 Å². The number of nitrogens with zero attached hydrogens (tertiary/aromatic N) is 3. The monoisotopic (exact) mass is 113 g/mol. The van der Waals surface area contributed by atoms with Crippen LogP contribution >= 0.6 is 0 Å². The van der Waals surface area contributed by atoms with Gasteiger partial charge in [0.1, 0.15) is 0 Å². The lowest BCUT2D eigenvalue weighted by atomic mass is 10.3. The summed E-state index contributed by atoms with van der Waals surface area (Å²) in [5, 5.41) is 3.31. The summed E-state index contributed by atoms with van der Waals surface area (Å²) in [5.41, 5.74) is 12.8. The molecule has 0 rings (SSSR count). The Balaban J connectivity index is 2.82. The minimum absolute atomic E-state index is 0.546. The van der Waals surface area contributed by atoms with Gasteiger partial charge in [0.15, 0.2) is 0 Å². The Labute approximate surface area is 48.3 Å². The van der Waals surface area contributed by atoms with Crippen molar-refractivity contribution in [3.05, 3.63) is 17.0 Å². The molecule has 0 aliphatic heterocycles. The highest BCUT2D eigenvalue weighted by molar-refractivity contribution is 4.55. The van der Waals surface area contributed by atoms with Crippen LogP contribution < -0.4 is 5.73 Å². The molecule has 4 nitrogen and oxygen atoms in total. The molecule has 0 saturated carbocycles. The van der Waals surface area contributed by atoms with Gasteiger partial charge in [0.25, 0.3) is 0 Å². The molecule has 0 bridgehead atoms. The van der Waals surface area contributed by atoms with Gasteiger partial charge in [0, 0.05) is 18.0 Å². The summed E-state index contributed by atoms with van der Waals surface area (Å²) < 4.78 is 0. The van der Waals surface area contributed by atoms with Crippen LogP contribution in [0.4, 0.5) is 0 Å². The summed E-state index contributed by atoms with van der Waals surface area (Å²) in [7, 11) is 0. The molecule has 0 amide bonds. The van der Waals surface area contributed by atoms with Gasteiger partial charge in [-0.15, -0.1) is 0 Å². The van der Waals surface area contributed by atoms with Gasteiger partial charge in [0.05, 0.1) is 0 Å². The summed E-state index contributed by atoms with van der Waals surface area (Å²) in [6.45, 7) is 2.11. The molecule has 8 heavy (non-hydrogen) atoms. The highest BCUT2D eigenvalue weighted by atomic mass is 15.1. The van der Waals surface area contributed by atoms with E-state index in [0.717, 1.165) is 12.8 Å². The molecule has 0 aliphatic rings. The van der Waals surface area contributed by atoms with Gasteiger partial charge in [-0.05, 0) is 18.4 Å². The van der Waals surface area contributed by atoms with Crippen molar-refractivity contribution in [1.82, 2.24) is 0 Å². The van der Waals surface area contributed by atoms with Gasteiger partial charge < -0.3 is 5.73 Å². The Morgan fingerprint density at radius 2 is 2.50 bits per heavy atom. The van der Waals surface area contributed by atoms with Gasteiger partial charge >= 0.3 is 0 Å². The van der Waals surface area contributed by atoms with Gasteiger partial charge in [-0.1, -0.05) is 5.11 Å². The van der Waals surface area contributed by atoms with E-state index >= 15 is 0 Å². The van der Waals surface area contributed by atoms with Gasteiger partial charge in [0.2, 0.25) is 0 Å². The van der Waals surface area contributed by atoms with Crippen molar-refractivity contribution < 1.29 is 0 Å². The molecule has 0 aromatic heterocycles. The van der Waals surface area contributed by atoms with Crippen molar-refractivity contribution in [2.24, 2.45) is 10.8 Å². The molecule has 0 aliphatic carbocycles. The lowest BCUT2D eigenvalue weighted by Gasteiger charge is -1.86. The number of hydrogen-bond acceptors (Lipinski definition) is 2. The third-order valence-electron chi connectivity index (χ3n) is 0.692. The van der Waals surface area contributed by atoms with Crippen LogP contribution in [0.15, 0.2) is 5.11 Å². The average molecular weight is 113 g/mol. The molecule has 2 N–H and O–H groups in total. The Bertz CT molecular complexity index is 84.0. The van der Waals surface area contributed by atoms with Crippen LogP contribution in [0.2, 0.25) is 0 Å². The molecule has 0 aromatic rings. The van der Waals surface area contributed by atoms with Crippen molar-refractivity contribution in [2.45, 2.75) is 12.8 Å². The van der Waals surface area contributed by atoms with E-state index in [-0.39, 0.29) is 0 Å². The fourth-order valence-corrected chi connectivity index (χ4v) is 0.325. The van der Waals surface area contributed by atoms with E-state index in [9.17, 15) is 0 Å². The highest BCUT2D eigenvalue weighted by Gasteiger charge is 1.79. The molecular formula is C4H9N4. The average Bonchev–Trinajstić information content (AvgIpc) is 1.81. The lowest BCUT2D eigenvalue weighted by molar-refractivity contribution is 0.807. The Hall–Kier alpha value is -0.730. The molecule has 45 valence electrons. The summed E-state index contributed by atoms with van der Waals surface area (Å²) in [6.07, 6.45) is 1.67. The van der Waals surface area contributed by atoms with E-state index < -0.39 is 0 Å². The smallest absolute Gasteiger partial charge is 0.0258 e. The number of hydrogen-bond donors (Lipinski definition) is 1. The summed E-state index contributed by atoms with van der Waals surface area (Å²) in [5.74, 6) is 0. The first-order valence-electron chi connectivity index (χ1n) is 2.46. The molecule has 1 radical (unpaired) electrons. The van der Waals surface area contributed by atoms with Crippen LogP contribution in [0, 0.1) is 6.54 Å². The Kier molecular flexibility index (Phi) is 5.70. The van der Waals surface area contributed by atoms with E-state index in [1.807, 2.05) is 0 Å². The van der Waals surface area contributed by atoms with Crippen molar-refractivity contribution in [2.75, 3.05) is 6.54 Å². The zero-order chi connectivity index (χ0) is 6.24. The topological polar surface area (TPSA) is 74.8 Å². The van der Waals surface area contributed by atoms with Crippen molar-refractivity contribution >= 4 is 0 Å². The third-order valence-corrected chi connectivity index (χ3v) is 0.692. The second-order valence-electron chi connectivity index (χ2n) is 1.33. The van der Waals surface area contributed by atoms with E-state index in [1.54, 1.807) is 6.54 Å². The second-order valence-corrected chi connectivity index (χ2v) is 1.33. The summed E-state index contributed by atoms with van der Waals surface area (Å²) in [4.78, 5) is 2.58. The van der Waals surface area contributed by atoms with E-state index in [0.29, 0.717) is 6.54 Å². The van der Waals surface area contributed by atoms with Gasteiger partial charge in [-0.3, -0.25) is 0 Å². The zero-order valence-electron chi connectivity index (χ0n) is 4.62. The molecule has 0 unspecified atom stereocenters. The van der Waals surface area contributed by atoms with Gasteiger partial charge in [-0.2, -0.15) is 0 Å². The molecule has 4 heteroatoms. The normalized spacial score (nSPS) is 8.12. The fraction of sp³-hybridized carbons (Fsp3) is 0.750. The largest absolute Gasteiger partial charge is 0.326 e. The predicted molar refractivity (Wildman–Crippen MR) is 31.7 cm³/mol. The van der Waals surface area contributed by atoms with E-state index in [4.69, 9.17) is 11.3 Å². The maximum Gasteiger partial charge on any atom is 0.0258 e. The van der Waals surface area contributed by atoms with Crippen LogP contribution in [0.3, 0.4) is 0 Å². The van der Waals surface area contributed by atoms with Crippen molar-refractivity contribution in [3.8, 4) is 0 Å². The number of rotatable bonds is 4. The van der Waals surface area contributed by atoms with Crippen molar-refractivity contribution in [1.29, 1.82) is 0 Å². The quantitative estimate of drug-likeness (QED) is 0.253. The number of nitrogens with two attached hydrogens (primary N) is 1. The second kappa shape index (κ2) is 6.27. The summed E-state index contributed by atoms with van der Waals surface area (Å²) in [6, 6.07) is 0. The molecule has 0 heterocycles. The first-order chi connectivity index (χ1) is 3.91. The predicted octanol–water partition coefficient (Wildman–Crippen LogP) is 1.20. The minimum atomic E-state index is 0.546. The molecule has 0 saturated heterocycles. The standard InChI is InChI=1S/C4H9N4/c5-3-1-2-4-7-8-6/h3H,1-2,4-5H2. The molecule has 0 fully saturated rings. The highest BCUT2D eigenvalue weighted by Crippen LogP contribution is 1.88. The van der Waals surface area contributed by atoms with Crippen molar-refractivity contribution in [3.63, 3.8) is 0 Å². The molecular weight excluding hydrogens is 104 g/mol. The first-order valence-corrected chi connectivity index (χ1v) is 2.46. The van der Waals surface area contributed by atoms with Crippen LogP contribution in [0.25, 0.3) is 10.4 Å². The fourth-order valence-electron chi connectivity index (χ4n) is 0.325. The molecule has 0 aromatic carbocycles. The van der Waals surface area contributed by atoms with Crippen LogP contribution in [0.5, 0.6) is 0 Å². The number of unbranched alkanes of at least 4 members (excludes halogenated alkanes) is 1. The lowest BCUT2D eigenvalue weighted by Crippen LogP contribution is -1.90. The SMILES string of the molecule is [N-]=[N+]=NCCC[CH]N. The summed E-state index contributed by atoms with van der Waals surface area (Å²) >= 11 is 0. The maximum atomic E-state index is 7.78.